The lowest BCUT2D eigenvalue weighted by atomic mass is 9.92. The second-order valence-corrected chi connectivity index (χ2v) is 15.8. The van der Waals surface area contributed by atoms with Crippen LogP contribution in [0.15, 0.2) is 42.7 Å². The van der Waals surface area contributed by atoms with E-state index in [1.54, 1.807) is 12.1 Å². The maximum atomic E-state index is 13.0. The van der Waals surface area contributed by atoms with Gasteiger partial charge in [0.1, 0.15) is 30.5 Å². The maximum absolute atomic E-state index is 13.0. The van der Waals surface area contributed by atoms with E-state index in [4.69, 9.17) is 35.6 Å². The Balaban J connectivity index is 1.18. The Kier molecular flexibility index (Phi) is 19.0. The van der Waals surface area contributed by atoms with Crippen molar-refractivity contribution < 1.29 is 42.9 Å². The molecule has 0 spiro atoms. The van der Waals surface area contributed by atoms with Gasteiger partial charge in [0, 0.05) is 19.0 Å². The highest BCUT2D eigenvalue weighted by molar-refractivity contribution is 7.47. The standard InChI is InChI=1S/C40H59N6O9P/c1-3-4-5-6-7-8-9-10-11-12-13-14-15-16-17-18-25-51-27-32(54-37-22-19-31(43-2)26-44-37)28-52-56(49,50)53-29-35-38(47)39(48)40(30-41,55-35)36-21-20-34-33(42)23-24-45-46(34)36/h19-24,26,32,35,38-39,47-48H,3-18,25,27-29,42H2,1H3,(H,49,50)/t32-,35-,38-,39-,40+/m1/s1. The van der Waals surface area contributed by atoms with E-state index in [-0.39, 0.29) is 18.2 Å². The Morgan fingerprint density at radius 2 is 1.61 bits per heavy atom. The number of nitrogens with zero attached hydrogens (tertiary/aromatic N) is 5. The summed E-state index contributed by atoms with van der Waals surface area (Å²) in [6.07, 6.45) is 17.4. The number of phosphoric ester groups is 1. The number of phosphoric acid groups is 1. The van der Waals surface area contributed by atoms with Gasteiger partial charge in [-0.2, -0.15) is 10.4 Å². The number of aliphatic hydroxyl groups excluding tert-OH is 2. The Labute approximate surface area is 330 Å². The zero-order valence-corrected chi connectivity index (χ0v) is 33.4. The Hall–Kier alpha value is -3.63. The highest BCUT2D eigenvalue weighted by Gasteiger charge is 2.58. The number of pyridine rings is 1. The first kappa shape index (κ1) is 45.1. The number of aliphatic hydroxyl groups is 2. The molecule has 1 fully saturated rings. The molecule has 56 heavy (non-hydrogen) atoms. The largest absolute Gasteiger partial charge is 0.472 e. The first-order valence-corrected chi connectivity index (χ1v) is 21.5. The number of anilines is 1. The average Bonchev–Trinajstić information content (AvgIpc) is 3.75. The Morgan fingerprint density at radius 3 is 2.20 bits per heavy atom. The van der Waals surface area contributed by atoms with Crippen molar-refractivity contribution >= 4 is 24.7 Å². The van der Waals surface area contributed by atoms with Gasteiger partial charge in [0.05, 0.1) is 43.3 Å². The van der Waals surface area contributed by atoms with E-state index in [2.05, 4.69) is 21.9 Å². The molecular weight excluding hydrogens is 739 g/mol. The fourth-order valence-electron chi connectivity index (χ4n) is 6.78. The summed E-state index contributed by atoms with van der Waals surface area (Å²) in [5, 5.41) is 36.1. The first-order valence-electron chi connectivity index (χ1n) is 20.0. The van der Waals surface area contributed by atoms with Gasteiger partial charge in [0.2, 0.25) is 17.2 Å². The molecular formula is C40H59N6O9P. The van der Waals surface area contributed by atoms with Crippen molar-refractivity contribution in [2.75, 3.05) is 32.2 Å². The van der Waals surface area contributed by atoms with Gasteiger partial charge in [-0.25, -0.2) is 18.9 Å². The molecule has 5 N–H and O–H groups in total. The second kappa shape index (κ2) is 23.6. The zero-order valence-electron chi connectivity index (χ0n) is 32.5. The van der Waals surface area contributed by atoms with Crippen LogP contribution in [-0.4, -0.2) is 80.5 Å². The molecule has 4 heterocycles. The highest BCUT2D eigenvalue weighted by atomic mass is 31.2. The normalized spacial score (nSPS) is 21.1. The number of ether oxygens (including phenoxy) is 3. The van der Waals surface area contributed by atoms with Crippen LogP contribution in [0.5, 0.6) is 5.88 Å². The molecule has 0 saturated carbocycles. The third-order valence-electron chi connectivity index (χ3n) is 10.0. The van der Waals surface area contributed by atoms with Crippen molar-refractivity contribution in [2.45, 2.75) is 140 Å². The van der Waals surface area contributed by atoms with E-state index in [1.165, 1.54) is 119 Å². The third-order valence-corrected chi connectivity index (χ3v) is 11.0. The monoisotopic (exact) mass is 798 g/mol. The van der Waals surface area contributed by atoms with Gasteiger partial charge in [0.15, 0.2) is 0 Å². The van der Waals surface area contributed by atoms with E-state index in [0.29, 0.717) is 23.5 Å². The summed E-state index contributed by atoms with van der Waals surface area (Å²) in [6.45, 7) is 8.76. The minimum Gasteiger partial charge on any atom is -0.469 e. The number of nitrogens with two attached hydrogens (primary N) is 1. The molecule has 0 aliphatic carbocycles. The molecule has 0 bridgehead atoms. The van der Waals surface area contributed by atoms with Gasteiger partial charge in [-0.3, -0.25) is 9.05 Å². The minimum atomic E-state index is -4.78. The number of rotatable bonds is 28. The van der Waals surface area contributed by atoms with Crippen LogP contribution in [-0.2, 0) is 28.7 Å². The van der Waals surface area contributed by atoms with Crippen LogP contribution < -0.4 is 10.5 Å². The summed E-state index contributed by atoms with van der Waals surface area (Å²) in [5.74, 6) is 0.171. The fraction of sp³-hybridized carbons (Fsp3) is 0.650. The van der Waals surface area contributed by atoms with Gasteiger partial charge < -0.3 is 35.1 Å². The molecule has 6 atom stereocenters. The van der Waals surface area contributed by atoms with Crippen molar-refractivity contribution in [3.63, 3.8) is 0 Å². The summed E-state index contributed by atoms with van der Waals surface area (Å²) in [4.78, 5) is 18.0. The number of hydrogen-bond donors (Lipinski definition) is 4. The molecule has 0 amide bonds. The van der Waals surface area contributed by atoms with Crippen LogP contribution >= 0.6 is 7.82 Å². The van der Waals surface area contributed by atoms with Gasteiger partial charge in [-0.15, -0.1) is 0 Å². The Morgan fingerprint density at radius 1 is 0.964 bits per heavy atom. The molecule has 0 aromatic carbocycles. The molecule has 1 unspecified atom stereocenters. The summed E-state index contributed by atoms with van der Waals surface area (Å²) in [5.41, 5.74) is 5.19. The van der Waals surface area contributed by atoms with Crippen LogP contribution in [0.4, 0.5) is 11.4 Å². The molecule has 4 rings (SSSR count). The van der Waals surface area contributed by atoms with E-state index in [9.17, 15) is 24.9 Å². The summed E-state index contributed by atoms with van der Waals surface area (Å²) < 4.78 is 42.3. The smallest absolute Gasteiger partial charge is 0.469 e. The van der Waals surface area contributed by atoms with Crippen molar-refractivity contribution in [1.82, 2.24) is 14.6 Å². The number of unbranched alkanes of at least 4 members (excludes halogenated alkanes) is 15. The molecule has 3 aromatic heterocycles. The maximum Gasteiger partial charge on any atom is 0.472 e. The number of nitrogen functional groups attached to an aromatic ring is 1. The quantitative estimate of drug-likeness (QED) is 0.0318. The molecule has 0 radical (unpaired) electrons. The van der Waals surface area contributed by atoms with Gasteiger partial charge in [0.25, 0.3) is 0 Å². The van der Waals surface area contributed by atoms with Crippen molar-refractivity contribution in [3.8, 4) is 11.9 Å². The molecule has 1 aliphatic heterocycles. The average molecular weight is 799 g/mol. The van der Waals surface area contributed by atoms with Crippen molar-refractivity contribution in [2.24, 2.45) is 0 Å². The third kappa shape index (κ3) is 13.5. The van der Waals surface area contributed by atoms with Crippen LogP contribution in [0.25, 0.3) is 10.4 Å². The summed E-state index contributed by atoms with van der Waals surface area (Å²) in [7, 11) is -4.78. The van der Waals surface area contributed by atoms with Crippen molar-refractivity contribution in [3.05, 3.63) is 59.8 Å². The van der Waals surface area contributed by atoms with Crippen LogP contribution in [0.2, 0.25) is 0 Å². The SMILES string of the molecule is [C-]#[N+]c1ccc(O[C@H](COCCCCCCCCCCCCCCCCCC)COP(=O)(O)OC[C@H]2O[C@@](C#N)(c3ccc4c(N)ccnn34)[C@H](O)[C@@H]2O)nc1. The second-order valence-electron chi connectivity index (χ2n) is 14.4. The van der Waals surface area contributed by atoms with Crippen molar-refractivity contribution in [1.29, 1.82) is 5.26 Å². The van der Waals surface area contributed by atoms with Gasteiger partial charge >= 0.3 is 7.82 Å². The molecule has 1 aliphatic rings. The lowest BCUT2D eigenvalue weighted by Gasteiger charge is -2.24. The van der Waals surface area contributed by atoms with Crippen LogP contribution in [0.1, 0.15) is 115 Å². The first-order chi connectivity index (χ1) is 27.1. The number of nitriles is 1. The predicted octanol–water partition coefficient (Wildman–Crippen LogP) is 7.56. The minimum absolute atomic E-state index is 0.0240. The highest BCUT2D eigenvalue weighted by Crippen LogP contribution is 2.46. The lowest BCUT2D eigenvalue weighted by molar-refractivity contribution is -0.0652. The fourth-order valence-corrected chi connectivity index (χ4v) is 7.54. The molecule has 15 nitrogen and oxygen atoms in total. The topological polar surface area (TPSA) is 208 Å². The zero-order chi connectivity index (χ0) is 40.2. The van der Waals surface area contributed by atoms with Crippen LogP contribution in [0, 0.1) is 17.9 Å². The van der Waals surface area contributed by atoms with Crippen LogP contribution in [0.3, 0.4) is 0 Å². The predicted molar refractivity (Wildman–Crippen MR) is 211 cm³/mol. The van der Waals surface area contributed by atoms with E-state index in [0.717, 1.165) is 19.3 Å². The summed E-state index contributed by atoms with van der Waals surface area (Å²) in [6, 6.07) is 9.62. The summed E-state index contributed by atoms with van der Waals surface area (Å²) >= 11 is 0. The van der Waals surface area contributed by atoms with E-state index >= 15 is 0 Å². The number of aromatic nitrogens is 3. The lowest BCUT2D eigenvalue weighted by Crippen LogP contribution is -2.41. The molecule has 308 valence electrons. The number of hydrogen-bond acceptors (Lipinski definition) is 12. The molecule has 1 saturated heterocycles. The molecule has 16 heteroatoms. The van der Waals surface area contributed by atoms with E-state index in [1.807, 2.05) is 6.07 Å². The van der Waals surface area contributed by atoms with E-state index < -0.39 is 51.1 Å². The van der Waals surface area contributed by atoms with Gasteiger partial charge in [-0.05, 0) is 36.8 Å². The Bertz CT molecular complexity index is 1730. The molecule has 3 aromatic rings. The van der Waals surface area contributed by atoms with Gasteiger partial charge in [-0.1, -0.05) is 103 Å². The number of fused-ring (bicyclic) bond motifs is 1.